The van der Waals surface area contributed by atoms with Crippen LogP contribution in [0.5, 0.6) is 0 Å². The molecule has 2 unspecified atom stereocenters. The molecule has 1 aliphatic rings. The van der Waals surface area contributed by atoms with Crippen molar-refractivity contribution in [3.8, 4) is 0 Å². The molecule has 4 rings (SSSR count). The minimum absolute atomic E-state index is 0.390. The first-order valence-electron chi connectivity index (χ1n) is 9.19. The summed E-state index contributed by atoms with van der Waals surface area (Å²) in [4.78, 5) is 0. The maximum atomic E-state index is 10.5. The lowest BCUT2D eigenvalue weighted by atomic mass is 9.95. The highest BCUT2D eigenvalue weighted by molar-refractivity contribution is 6.07. The van der Waals surface area contributed by atoms with Crippen molar-refractivity contribution in [2.45, 2.75) is 31.9 Å². The largest absolute Gasteiger partial charge is 0.389 e. The average Bonchev–Trinajstić information content (AvgIpc) is 2.97. The number of hydrogen-bond acceptors (Lipinski definition) is 2. The number of ether oxygens (including phenoxy) is 1. The van der Waals surface area contributed by atoms with E-state index < -0.39 is 6.10 Å². The number of aliphatic hydroxyl groups excluding tert-OH is 1. The highest BCUT2D eigenvalue weighted by atomic mass is 16.5. The molecule has 3 aromatic rings. The third-order valence-electron chi connectivity index (χ3n) is 5.11. The van der Waals surface area contributed by atoms with Crippen LogP contribution in [0, 0.1) is 5.92 Å². The molecule has 0 saturated carbocycles. The fourth-order valence-corrected chi connectivity index (χ4v) is 3.84. The van der Waals surface area contributed by atoms with Gasteiger partial charge in [-0.1, -0.05) is 48.6 Å². The number of hydrogen-bond donors (Lipinski definition) is 1. The highest BCUT2D eigenvalue weighted by Gasteiger charge is 2.15. The van der Waals surface area contributed by atoms with Gasteiger partial charge in [0.05, 0.1) is 19.3 Å². The summed E-state index contributed by atoms with van der Waals surface area (Å²) < 4.78 is 8.02. The number of allylic oxidation sites excluding steroid dienone is 2. The Balaban J connectivity index is 1.46. The molecule has 2 atom stereocenters. The lowest BCUT2D eigenvalue weighted by Crippen LogP contribution is -2.24. The van der Waals surface area contributed by atoms with Gasteiger partial charge < -0.3 is 14.4 Å². The smallest absolute Gasteiger partial charge is 0.0952 e. The fraction of sp³-hybridized carbons (Fsp3) is 0.364. The zero-order chi connectivity index (χ0) is 17.1. The monoisotopic (exact) mass is 335 g/mol. The van der Waals surface area contributed by atoms with Crippen LogP contribution in [0.25, 0.3) is 21.8 Å². The first-order chi connectivity index (χ1) is 12.3. The number of nitrogens with zero attached hydrogens (tertiary/aromatic N) is 1. The van der Waals surface area contributed by atoms with Crippen molar-refractivity contribution >= 4 is 21.8 Å². The molecule has 25 heavy (non-hydrogen) atoms. The lowest BCUT2D eigenvalue weighted by Gasteiger charge is -2.19. The van der Waals surface area contributed by atoms with Crippen molar-refractivity contribution in [1.82, 2.24) is 4.57 Å². The van der Waals surface area contributed by atoms with Crippen LogP contribution >= 0.6 is 0 Å². The number of aromatic nitrogens is 1. The molecule has 1 heterocycles. The second kappa shape index (κ2) is 7.42. The molecule has 0 radical (unpaired) electrons. The van der Waals surface area contributed by atoms with Gasteiger partial charge in [-0.2, -0.15) is 0 Å². The van der Waals surface area contributed by atoms with Crippen LogP contribution < -0.4 is 0 Å². The Bertz CT molecular complexity index is 827. The summed E-state index contributed by atoms with van der Waals surface area (Å²) in [6, 6.07) is 16.8. The maximum Gasteiger partial charge on any atom is 0.0952 e. The van der Waals surface area contributed by atoms with E-state index >= 15 is 0 Å². The van der Waals surface area contributed by atoms with Crippen molar-refractivity contribution < 1.29 is 9.84 Å². The maximum absolute atomic E-state index is 10.5. The summed E-state index contributed by atoms with van der Waals surface area (Å²) in [5.74, 6) is 0.602. The van der Waals surface area contributed by atoms with Crippen LogP contribution in [0.2, 0.25) is 0 Å². The minimum atomic E-state index is -0.502. The van der Waals surface area contributed by atoms with Crippen molar-refractivity contribution in [3.05, 3.63) is 60.7 Å². The Hall–Kier alpha value is -2.10. The predicted octanol–water partition coefficient (Wildman–Crippen LogP) is 4.53. The summed E-state index contributed by atoms with van der Waals surface area (Å²) in [5.41, 5.74) is 2.33. The van der Waals surface area contributed by atoms with Crippen LogP contribution in [0.3, 0.4) is 0 Å². The Labute approximate surface area is 148 Å². The van der Waals surface area contributed by atoms with E-state index in [0.29, 0.717) is 19.1 Å². The third kappa shape index (κ3) is 3.48. The number of aliphatic hydroxyl groups is 1. The number of para-hydroxylation sites is 2. The molecular formula is C22H25NO2. The molecule has 0 aliphatic heterocycles. The van der Waals surface area contributed by atoms with Crippen molar-refractivity contribution in [1.29, 1.82) is 0 Å². The summed E-state index contributed by atoms with van der Waals surface area (Å²) >= 11 is 0. The third-order valence-corrected chi connectivity index (χ3v) is 5.11. The molecule has 2 aromatic carbocycles. The summed E-state index contributed by atoms with van der Waals surface area (Å²) in [6.07, 6.45) is 7.43. The van der Waals surface area contributed by atoms with E-state index in [1.807, 2.05) is 0 Å². The van der Waals surface area contributed by atoms with Gasteiger partial charge in [0.25, 0.3) is 0 Å². The number of benzene rings is 2. The van der Waals surface area contributed by atoms with E-state index in [1.165, 1.54) is 28.2 Å². The topological polar surface area (TPSA) is 34.4 Å². The predicted molar refractivity (Wildman–Crippen MR) is 103 cm³/mol. The van der Waals surface area contributed by atoms with E-state index in [0.717, 1.165) is 19.4 Å². The zero-order valence-corrected chi connectivity index (χ0v) is 14.5. The van der Waals surface area contributed by atoms with Crippen molar-refractivity contribution in [3.63, 3.8) is 0 Å². The van der Waals surface area contributed by atoms with E-state index in [4.69, 9.17) is 4.74 Å². The Morgan fingerprint density at radius 1 is 1.00 bits per heavy atom. The van der Waals surface area contributed by atoms with Gasteiger partial charge in [0.15, 0.2) is 0 Å². The summed E-state index contributed by atoms with van der Waals surface area (Å²) in [7, 11) is 0. The van der Waals surface area contributed by atoms with Crippen LogP contribution in [0.1, 0.15) is 19.3 Å². The summed E-state index contributed by atoms with van der Waals surface area (Å²) in [5, 5.41) is 13.0. The molecule has 3 nitrogen and oxygen atoms in total. The van der Waals surface area contributed by atoms with Gasteiger partial charge >= 0.3 is 0 Å². The van der Waals surface area contributed by atoms with Crippen LogP contribution in [-0.4, -0.2) is 29.0 Å². The van der Waals surface area contributed by atoms with Gasteiger partial charge in [0.1, 0.15) is 0 Å². The first kappa shape index (κ1) is 16.4. The second-order valence-electron chi connectivity index (χ2n) is 6.99. The number of rotatable bonds is 6. The summed E-state index contributed by atoms with van der Waals surface area (Å²) in [6.45, 7) is 1.69. The van der Waals surface area contributed by atoms with E-state index in [1.54, 1.807) is 0 Å². The molecule has 0 bridgehead atoms. The molecule has 1 N–H and O–H groups in total. The Kier molecular flexibility index (Phi) is 4.86. The second-order valence-corrected chi connectivity index (χ2v) is 6.99. The Morgan fingerprint density at radius 3 is 2.32 bits per heavy atom. The molecule has 0 spiro atoms. The molecule has 0 amide bonds. The van der Waals surface area contributed by atoms with Gasteiger partial charge in [-0.05, 0) is 37.3 Å². The lowest BCUT2D eigenvalue weighted by molar-refractivity contribution is 0.0136. The van der Waals surface area contributed by atoms with E-state index in [-0.39, 0.29) is 0 Å². The molecule has 1 aromatic heterocycles. The van der Waals surface area contributed by atoms with E-state index in [2.05, 4.69) is 65.3 Å². The highest BCUT2D eigenvalue weighted by Crippen LogP contribution is 2.28. The standard InChI is InChI=1S/C22H25NO2/c24-18(16-25-15-17-8-2-1-3-9-17)14-23-21-12-6-4-10-19(21)20-11-5-7-13-22(20)23/h1-2,4-7,10-13,17-18,24H,3,8-9,14-16H2. The minimum Gasteiger partial charge on any atom is -0.389 e. The quantitative estimate of drug-likeness (QED) is 0.672. The first-order valence-corrected chi connectivity index (χ1v) is 9.19. The van der Waals surface area contributed by atoms with Crippen molar-refractivity contribution in [2.75, 3.05) is 13.2 Å². The van der Waals surface area contributed by atoms with E-state index in [9.17, 15) is 5.11 Å². The molecule has 0 fully saturated rings. The molecule has 130 valence electrons. The zero-order valence-electron chi connectivity index (χ0n) is 14.5. The normalized spacial score (nSPS) is 18.8. The van der Waals surface area contributed by atoms with Crippen molar-refractivity contribution in [2.24, 2.45) is 5.92 Å². The molecular weight excluding hydrogens is 310 g/mol. The Morgan fingerprint density at radius 2 is 1.68 bits per heavy atom. The van der Waals surface area contributed by atoms with Gasteiger partial charge in [0, 0.05) is 28.4 Å². The molecule has 1 aliphatic carbocycles. The van der Waals surface area contributed by atoms with Gasteiger partial charge in [-0.15, -0.1) is 0 Å². The van der Waals surface area contributed by atoms with Gasteiger partial charge in [0.2, 0.25) is 0 Å². The fourth-order valence-electron chi connectivity index (χ4n) is 3.84. The van der Waals surface area contributed by atoms with Gasteiger partial charge in [-0.3, -0.25) is 0 Å². The molecule has 3 heteroatoms. The number of fused-ring (bicyclic) bond motifs is 3. The average molecular weight is 335 g/mol. The van der Waals surface area contributed by atoms with Gasteiger partial charge in [-0.25, -0.2) is 0 Å². The van der Waals surface area contributed by atoms with Crippen LogP contribution in [0.4, 0.5) is 0 Å². The molecule has 0 saturated heterocycles. The SMILES string of the molecule is OC(COCC1CC=CCC1)Cn1c2ccccc2c2ccccc21. The van der Waals surface area contributed by atoms with Crippen LogP contribution in [0.15, 0.2) is 60.7 Å². The van der Waals surface area contributed by atoms with Crippen LogP contribution in [-0.2, 0) is 11.3 Å².